The van der Waals surface area contributed by atoms with Crippen molar-refractivity contribution < 1.29 is 13.2 Å². The van der Waals surface area contributed by atoms with E-state index in [9.17, 15) is 13.2 Å². The Bertz CT molecular complexity index is 220. The molecule has 0 atom stereocenters. The van der Waals surface area contributed by atoms with Crippen LogP contribution in [0.2, 0.25) is 0 Å². The summed E-state index contributed by atoms with van der Waals surface area (Å²) in [5, 5.41) is 3.42. The van der Waals surface area contributed by atoms with E-state index in [0.717, 1.165) is 13.0 Å². The molecule has 0 unspecified atom stereocenters. The van der Waals surface area contributed by atoms with E-state index in [1.165, 1.54) is 32.1 Å². The lowest BCUT2D eigenvalue weighted by Gasteiger charge is -2.30. The van der Waals surface area contributed by atoms with E-state index >= 15 is 0 Å². The minimum absolute atomic E-state index is 0.303. The van der Waals surface area contributed by atoms with Gasteiger partial charge in [-0.05, 0) is 38.6 Å². The van der Waals surface area contributed by atoms with Gasteiger partial charge >= 0.3 is 6.18 Å². The summed E-state index contributed by atoms with van der Waals surface area (Å²) < 4.78 is 37.5. The summed E-state index contributed by atoms with van der Waals surface area (Å²) in [4.78, 5) is 0. The summed E-state index contributed by atoms with van der Waals surface area (Å²) in [5.74, 6) is -1.06. The molecule has 0 amide bonds. The van der Waals surface area contributed by atoms with Crippen molar-refractivity contribution >= 4 is 0 Å². The second-order valence-corrected chi connectivity index (χ2v) is 5.81. The first-order valence-electron chi connectivity index (χ1n) is 7.84. The van der Waals surface area contributed by atoms with Crippen LogP contribution in [0.15, 0.2) is 0 Å². The van der Waals surface area contributed by atoms with Gasteiger partial charge in [0.1, 0.15) is 0 Å². The van der Waals surface area contributed by atoms with Crippen molar-refractivity contribution in [1.82, 2.24) is 5.32 Å². The zero-order valence-electron chi connectivity index (χ0n) is 12.1. The smallest absolute Gasteiger partial charge is 0.314 e. The van der Waals surface area contributed by atoms with E-state index in [-0.39, 0.29) is 0 Å². The van der Waals surface area contributed by atoms with Gasteiger partial charge in [-0.15, -0.1) is 0 Å². The Morgan fingerprint density at radius 1 is 0.895 bits per heavy atom. The predicted octanol–water partition coefficient (Wildman–Crippen LogP) is 5.06. The average Bonchev–Trinajstić information content (AvgIpc) is 2.37. The molecule has 19 heavy (non-hydrogen) atoms. The molecule has 0 radical (unpaired) electrons. The molecule has 0 saturated heterocycles. The Morgan fingerprint density at radius 2 is 1.47 bits per heavy atom. The van der Waals surface area contributed by atoms with Gasteiger partial charge in [0.25, 0.3) is 0 Å². The molecule has 0 aromatic carbocycles. The van der Waals surface area contributed by atoms with Crippen molar-refractivity contribution in [3.8, 4) is 0 Å². The quantitative estimate of drug-likeness (QED) is 0.612. The minimum Gasteiger partial charge on any atom is -0.314 e. The SMILES string of the molecule is CCCCCCCCNC1CCC(C(F)(F)F)CC1. The Kier molecular flexibility index (Phi) is 7.81. The van der Waals surface area contributed by atoms with Crippen molar-refractivity contribution in [2.24, 2.45) is 5.92 Å². The molecule has 1 rings (SSSR count). The molecule has 1 nitrogen and oxygen atoms in total. The van der Waals surface area contributed by atoms with E-state index in [2.05, 4.69) is 12.2 Å². The average molecular weight is 279 g/mol. The molecule has 0 heterocycles. The molecule has 1 N–H and O–H groups in total. The van der Waals surface area contributed by atoms with Gasteiger partial charge in [-0.25, -0.2) is 0 Å². The predicted molar refractivity (Wildman–Crippen MR) is 73.2 cm³/mol. The molecule has 0 aliphatic heterocycles. The van der Waals surface area contributed by atoms with Gasteiger partial charge in [0.2, 0.25) is 0 Å². The highest BCUT2D eigenvalue weighted by molar-refractivity contribution is 4.80. The summed E-state index contributed by atoms with van der Waals surface area (Å²) in [6, 6.07) is 0.314. The Balaban J connectivity index is 1.98. The van der Waals surface area contributed by atoms with Crippen LogP contribution >= 0.6 is 0 Å². The molecule has 1 aliphatic carbocycles. The second-order valence-electron chi connectivity index (χ2n) is 5.81. The third kappa shape index (κ3) is 7.19. The Morgan fingerprint density at radius 3 is 2.05 bits per heavy atom. The van der Waals surface area contributed by atoms with Crippen molar-refractivity contribution in [3.05, 3.63) is 0 Å². The fraction of sp³-hybridized carbons (Fsp3) is 1.00. The van der Waals surface area contributed by atoms with E-state index < -0.39 is 12.1 Å². The normalized spacial score (nSPS) is 24.6. The van der Waals surface area contributed by atoms with E-state index in [1.807, 2.05) is 0 Å². The highest BCUT2D eigenvalue weighted by atomic mass is 19.4. The summed E-state index contributed by atoms with van der Waals surface area (Å²) >= 11 is 0. The lowest BCUT2D eigenvalue weighted by Crippen LogP contribution is -2.37. The molecule has 1 fully saturated rings. The zero-order valence-corrected chi connectivity index (χ0v) is 12.1. The Labute approximate surface area is 115 Å². The molecule has 0 aromatic rings. The van der Waals surface area contributed by atoms with Crippen molar-refractivity contribution in [3.63, 3.8) is 0 Å². The monoisotopic (exact) mass is 279 g/mol. The first-order chi connectivity index (χ1) is 9.04. The molecule has 114 valence electrons. The third-order valence-corrected chi connectivity index (χ3v) is 4.15. The van der Waals surface area contributed by atoms with Crippen LogP contribution in [0.25, 0.3) is 0 Å². The van der Waals surface area contributed by atoms with Crippen LogP contribution in [0, 0.1) is 5.92 Å². The van der Waals surface area contributed by atoms with Crippen molar-refractivity contribution in [2.45, 2.75) is 83.4 Å². The maximum atomic E-state index is 12.5. The lowest BCUT2D eigenvalue weighted by molar-refractivity contribution is -0.182. The molecule has 0 aromatic heterocycles. The second kappa shape index (κ2) is 8.83. The number of unbranched alkanes of at least 4 members (excludes halogenated alkanes) is 5. The molecule has 0 spiro atoms. The third-order valence-electron chi connectivity index (χ3n) is 4.15. The summed E-state index contributed by atoms with van der Waals surface area (Å²) in [6.45, 7) is 3.17. The number of hydrogen-bond acceptors (Lipinski definition) is 1. The number of halogens is 3. The lowest BCUT2D eigenvalue weighted by atomic mass is 9.85. The van der Waals surface area contributed by atoms with Gasteiger partial charge in [0, 0.05) is 6.04 Å². The van der Waals surface area contributed by atoms with Gasteiger partial charge in [-0.1, -0.05) is 39.0 Å². The van der Waals surface area contributed by atoms with Gasteiger partial charge in [0.15, 0.2) is 0 Å². The molecular formula is C15H28F3N. The van der Waals surface area contributed by atoms with Crippen LogP contribution < -0.4 is 5.32 Å². The van der Waals surface area contributed by atoms with Crippen molar-refractivity contribution in [2.75, 3.05) is 6.54 Å². The standard InChI is InChI=1S/C15H28F3N/c1-2-3-4-5-6-7-12-19-14-10-8-13(9-11-14)15(16,17)18/h13-14,19H,2-12H2,1H3. The maximum absolute atomic E-state index is 12.5. The van der Waals surface area contributed by atoms with E-state index in [4.69, 9.17) is 0 Å². The highest BCUT2D eigenvalue weighted by Gasteiger charge is 2.41. The maximum Gasteiger partial charge on any atom is 0.391 e. The topological polar surface area (TPSA) is 12.0 Å². The highest BCUT2D eigenvalue weighted by Crippen LogP contribution is 2.37. The minimum atomic E-state index is -3.98. The van der Waals surface area contributed by atoms with Crippen LogP contribution in [-0.4, -0.2) is 18.8 Å². The summed E-state index contributed by atoms with van der Waals surface area (Å²) in [7, 11) is 0. The molecule has 1 saturated carbocycles. The first kappa shape index (κ1) is 16.8. The van der Waals surface area contributed by atoms with Gasteiger partial charge < -0.3 is 5.32 Å². The van der Waals surface area contributed by atoms with Crippen LogP contribution in [0.5, 0.6) is 0 Å². The van der Waals surface area contributed by atoms with Gasteiger partial charge in [0.05, 0.1) is 5.92 Å². The number of alkyl halides is 3. The molecule has 4 heteroatoms. The van der Waals surface area contributed by atoms with Crippen LogP contribution in [0.4, 0.5) is 13.2 Å². The van der Waals surface area contributed by atoms with Crippen LogP contribution in [0.1, 0.15) is 71.1 Å². The number of rotatable bonds is 8. The zero-order chi connectivity index (χ0) is 14.1. The van der Waals surface area contributed by atoms with Gasteiger partial charge in [-0.3, -0.25) is 0 Å². The number of hydrogen-bond donors (Lipinski definition) is 1. The van der Waals surface area contributed by atoms with Crippen LogP contribution in [-0.2, 0) is 0 Å². The van der Waals surface area contributed by atoms with E-state index in [1.54, 1.807) is 0 Å². The summed E-state index contributed by atoms with van der Waals surface area (Å²) in [5.41, 5.74) is 0. The number of nitrogens with one attached hydrogen (secondary N) is 1. The van der Waals surface area contributed by atoms with Gasteiger partial charge in [-0.2, -0.15) is 13.2 Å². The van der Waals surface area contributed by atoms with Crippen molar-refractivity contribution in [1.29, 1.82) is 0 Å². The first-order valence-corrected chi connectivity index (χ1v) is 7.84. The van der Waals surface area contributed by atoms with Crippen LogP contribution in [0.3, 0.4) is 0 Å². The Hall–Kier alpha value is -0.250. The summed E-state index contributed by atoms with van der Waals surface area (Å²) in [6.07, 6.45) is 5.56. The molecule has 1 aliphatic rings. The fourth-order valence-electron chi connectivity index (χ4n) is 2.84. The molecular weight excluding hydrogens is 251 g/mol. The molecule has 0 bridgehead atoms. The fourth-order valence-corrected chi connectivity index (χ4v) is 2.84. The largest absolute Gasteiger partial charge is 0.391 e. The van der Waals surface area contributed by atoms with E-state index in [0.29, 0.717) is 31.7 Å².